The van der Waals surface area contributed by atoms with Gasteiger partial charge in [-0.3, -0.25) is 0 Å². The van der Waals surface area contributed by atoms with Gasteiger partial charge in [0, 0.05) is 18.2 Å². The normalized spacial score (nSPS) is 11.4. The number of hydrogen-bond acceptors (Lipinski definition) is 3. The molecule has 0 fully saturated rings. The van der Waals surface area contributed by atoms with Gasteiger partial charge in [-0.1, -0.05) is 0 Å². The van der Waals surface area contributed by atoms with E-state index in [0.29, 0.717) is 29.9 Å². The molecule has 1 aromatic rings. The van der Waals surface area contributed by atoms with E-state index < -0.39 is 5.67 Å². The van der Waals surface area contributed by atoms with Crippen LogP contribution in [-0.4, -0.2) is 25.9 Å². The lowest BCUT2D eigenvalue weighted by atomic mass is 9.95. The summed E-state index contributed by atoms with van der Waals surface area (Å²) in [6, 6.07) is 3.46. The number of halogens is 1. The van der Waals surface area contributed by atoms with Crippen molar-refractivity contribution in [3.8, 4) is 11.5 Å². The molecule has 0 saturated carbocycles. The Bertz CT molecular complexity index is 397. The van der Waals surface area contributed by atoms with E-state index >= 15 is 0 Å². The summed E-state index contributed by atoms with van der Waals surface area (Å²) in [5, 5.41) is 8.88. The van der Waals surface area contributed by atoms with Crippen LogP contribution in [0, 0.1) is 0 Å². The summed E-state index contributed by atoms with van der Waals surface area (Å²) in [4.78, 5) is 0. The number of aliphatic hydroxyl groups excluding tert-OH is 1. The first kappa shape index (κ1) is 14.8. The molecule has 0 saturated heterocycles. The van der Waals surface area contributed by atoms with Crippen molar-refractivity contribution in [1.29, 1.82) is 0 Å². The molecule has 0 atom stereocenters. The lowest BCUT2D eigenvalue weighted by Crippen LogP contribution is -2.12. The molecule has 0 aliphatic carbocycles. The summed E-state index contributed by atoms with van der Waals surface area (Å²) in [5.74, 6) is 1.14. The van der Waals surface area contributed by atoms with Crippen molar-refractivity contribution in [2.75, 3.05) is 20.8 Å². The molecule has 0 unspecified atom stereocenters. The third kappa shape index (κ3) is 3.35. The Morgan fingerprint density at radius 1 is 1.17 bits per heavy atom. The highest BCUT2D eigenvalue weighted by Crippen LogP contribution is 2.37. The van der Waals surface area contributed by atoms with Crippen molar-refractivity contribution in [3.05, 3.63) is 23.3 Å². The zero-order valence-corrected chi connectivity index (χ0v) is 11.4. The van der Waals surface area contributed by atoms with E-state index in [1.807, 2.05) is 0 Å². The quantitative estimate of drug-likeness (QED) is 0.850. The van der Waals surface area contributed by atoms with Gasteiger partial charge < -0.3 is 14.6 Å². The minimum absolute atomic E-state index is 0.101. The van der Waals surface area contributed by atoms with Crippen LogP contribution in [0.5, 0.6) is 11.5 Å². The van der Waals surface area contributed by atoms with Crippen LogP contribution in [0.4, 0.5) is 4.39 Å². The van der Waals surface area contributed by atoms with Crippen LogP contribution in [0.1, 0.15) is 31.4 Å². The molecule has 0 aromatic heterocycles. The number of hydrogen-bond donors (Lipinski definition) is 1. The Hall–Kier alpha value is -1.29. The molecular weight excluding hydrogens is 235 g/mol. The van der Waals surface area contributed by atoms with Crippen molar-refractivity contribution in [2.45, 2.75) is 32.4 Å². The van der Waals surface area contributed by atoms with Crippen molar-refractivity contribution in [2.24, 2.45) is 0 Å². The number of rotatable bonds is 6. The average Bonchev–Trinajstić information content (AvgIpc) is 2.34. The average molecular weight is 256 g/mol. The van der Waals surface area contributed by atoms with Crippen LogP contribution in [0.25, 0.3) is 0 Å². The van der Waals surface area contributed by atoms with Gasteiger partial charge >= 0.3 is 0 Å². The van der Waals surface area contributed by atoms with Crippen molar-refractivity contribution in [1.82, 2.24) is 0 Å². The number of methoxy groups -OCH3 is 2. The van der Waals surface area contributed by atoms with Gasteiger partial charge in [0.25, 0.3) is 0 Å². The first-order valence-corrected chi connectivity index (χ1v) is 5.99. The van der Waals surface area contributed by atoms with Gasteiger partial charge in [0.2, 0.25) is 0 Å². The zero-order valence-electron chi connectivity index (χ0n) is 11.4. The molecule has 1 rings (SSSR count). The third-order valence-electron chi connectivity index (χ3n) is 2.85. The van der Waals surface area contributed by atoms with Crippen LogP contribution < -0.4 is 9.47 Å². The van der Waals surface area contributed by atoms with Gasteiger partial charge in [-0.2, -0.15) is 0 Å². The second-order valence-corrected chi connectivity index (χ2v) is 4.66. The maximum absolute atomic E-state index is 14.1. The number of aryl methyl sites for hydroxylation is 1. The molecule has 0 aliphatic heterocycles. The van der Waals surface area contributed by atoms with E-state index in [-0.39, 0.29) is 6.61 Å². The highest BCUT2D eigenvalue weighted by Gasteiger charge is 2.25. The van der Waals surface area contributed by atoms with Gasteiger partial charge in [0.05, 0.1) is 14.2 Å². The summed E-state index contributed by atoms with van der Waals surface area (Å²) < 4.78 is 24.6. The van der Waals surface area contributed by atoms with E-state index in [0.717, 1.165) is 5.56 Å². The molecule has 1 N–H and O–H groups in total. The SMILES string of the molecule is COc1cc(OC)c(C(C)(C)F)cc1CCCO. The predicted molar refractivity (Wildman–Crippen MR) is 69.1 cm³/mol. The number of alkyl halides is 1. The van der Waals surface area contributed by atoms with Gasteiger partial charge in [-0.05, 0) is 38.3 Å². The van der Waals surface area contributed by atoms with E-state index in [2.05, 4.69) is 0 Å². The zero-order chi connectivity index (χ0) is 13.8. The van der Waals surface area contributed by atoms with E-state index in [1.54, 1.807) is 19.2 Å². The lowest BCUT2D eigenvalue weighted by Gasteiger charge is -2.21. The Balaban J connectivity index is 3.25. The van der Waals surface area contributed by atoms with Crippen molar-refractivity contribution in [3.63, 3.8) is 0 Å². The molecule has 0 amide bonds. The fourth-order valence-corrected chi connectivity index (χ4v) is 1.89. The molecule has 102 valence electrons. The van der Waals surface area contributed by atoms with Crippen LogP contribution in [0.3, 0.4) is 0 Å². The molecule has 3 nitrogen and oxygen atoms in total. The van der Waals surface area contributed by atoms with Crippen LogP contribution in [-0.2, 0) is 12.1 Å². The minimum atomic E-state index is -1.48. The molecule has 0 aliphatic rings. The Labute approximate surface area is 108 Å². The van der Waals surface area contributed by atoms with Gasteiger partial charge in [0.1, 0.15) is 17.2 Å². The van der Waals surface area contributed by atoms with E-state index in [1.165, 1.54) is 21.0 Å². The number of ether oxygens (including phenoxy) is 2. The van der Waals surface area contributed by atoms with Gasteiger partial charge in [-0.15, -0.1) is 0 Å². The highest BCUT2D eigenvalue weighted by atomic mass is 19.1. The van der Waals surface area contributed by atoms with Crippen LogP contribution in [0.2, 0.25) is 0 Å². The van der Waals surface area contributed by atoms with Crippen molar-refractivity contribution >= 4 is 0 Å². The van der Waals surface area contributed by atoms with E-state index in [4.69, 9.17) is 14.6 Å². The maximum Gasteiger partial charge on any atom is 0.134 e. The fourth-order valence-electron chi connectivity index (χ4n) is 1.89. The standard InChI is InChI=1S/C14H21FO3/c1-14(2,15)11-8-10(6-5-7-16)12(17-3)9-13(11)18-4/h8-9,16H,5-7H2,1-4H3. The molecule has 18 heavy (non-hydrogen) atoms. The molecule has 0 radical (unpaired) electrons. The van der Waals surface area contributed by atoms with Crippen LogP contribution >= 0.6 is 0 Å². The molecule has 0 heterocycles. The first-order chi connectivity index (χ1) is 8.43. The monoisotopic (exact) mass is 256 g/mol. The summed E-state index contributed by atoms with van der Waals surface area (Å²) >= 11 is 0. The highest BCUT2D eigenvalue weighted by molar-refractivity contribution is 5.48. The molecule has 0 bridgehead atoms. The topological polar surface area (TPSA) is 38.7 Å². The van der Waals surface area contributed by atoms with Gasteiger partial charge in [0.15, 0.2) is 0 Å². The molecule has 0 spiro atoms. The minimum Gasteiger partial charge on any atom is -0.496 e. The fraction of sp³-hybridized carbons (Fsp3) is 0.571. The second kappa shape index (κ2) is 6.05. The van der Waals surface area contributed by atoms with Gasteiger partial charge in [-0.25, -0.2) is 4.39 Å². The molecular formula is C14H21FO3. The third-order valence-corrected chi connectivity index (χ3v) is 2.85. The molecule has 1 aromatic carbocycles. The van der Waals surface area contributed by atoms with Crippen LogP contribution in [0.15, 0.2) is 12.1 Å². The Morgan fingerprint density at radius 3 is 2.22 bits per heavy atom. The maximum atomic E-state index is 14.1. The summed E-state index contributed by atoms with van der Waals surface area (Å²) in [5.41, 5.74) is -0.0993. The van der Waals surface area contributed by atoms with E-state index in [9.17, 15) is 4.39 Å². The first-order valence-electron chi connectivity index (χ1n) is 5.99. The second-order valence-electron chi connectivity index (χ2n) is 4.66. The largest absolute Gasteiger partial charge is 0.496 e. The summed E-state index contributed by atoms with van der Waals surface area (Å²) in [6.07, 6.45) is 1.27. The Morgan fingerprint density at radius 2 is 1.78 bits per heavy atom. The smallest absolute Gasteiger partial charge is 0.134 e. The number of benzene rings is 1. The summed E-state index contributed by atoms with van der Waals surface area (Å²) in [7, 11) is 3.08. The lowest BCUT2D eigenvalue weighted by molar-refractivity contribution is 0.213. The summed E-state index contributed by atoms with van der Waals surface area (Å²) in [6.45, 7) is 3.09. The van der Waals surface area contributed by atoms with Crippen molar-refractivity contribution < 1.29 is 19.0 Å². The Kier molecular flexibility index (Phi) is 4.96. The molecule has 4 heteroatoms. The number of aliphatic hydroxyl groups is 1. The predicted octanol–water partition coefficient (Wildman–Crippen LogP) is 2.83.